The number of carbonyl (C=O) groups is 3. The van der Waals surface area contributed by atoms with Crippen molar-refractivity contribution >= 4 is 18.0 Å². The van der Waals surface area contributed by atoms with E-state index in [-0.39, 0.29) is 37.3 Å². The zero-order chi connectivity index (χ0) is 24.6. The van der Waals surface area contributed by atoms with Gasteiger partial charge in [-0.2, -0.15) is 0 Å². The van der Waals surface area contributed by atoms with E-state index in [0.29, 0.717) is 26.2 Å². The van der Waals surface area contributed by atoms with Crippen molar-refractivity contribution in [2.75, 3.05) is 32.9 Å². The molecule has 2 saturated heterocycles. The largest absolute Gasteiger partial charge is 0.481 e. The second kappa shape index (κ2) is 9.34. The van der Waals surface area contributed by atoms with E-state index in [0.717, 1.165) is 22.3 Å². The third-order valence-corrected chi connectivity index (χ3v) is 7.67. The molecule has 0 aromatic heterocycles. The maximum atomic E-state index is 12.9. The highest BCUT2D eigenvalue weighted by Crippen LogP contribution is 2.45. The summed E-state index contributed by atoms with van der Waals surface area (Å²) in [6.07, 6.45) is -0.0877. The lowest BCUT2D eigenvalue weighted by Crippen LogP contribution is -2.45. The van der Waals surface area contributed by atoms with Gasteiger partial charge in [-0.3, -0.25) is 9.59 Å². The molecule has 0 saturated carbocycles. The van der Waals surface area contributed by atoms with Gasteiger partial charge in [0, 0.05) is 44.0 Å². The van der Waals surface area contributed by atoms with Gasteiger partial charge in [-0.05, 0) is 35.6 Å². The van der Waals surface area contributed by atoms with Crippen LogP contribution in [0.1, 0.15) is 36.8 Å². The Labute approximate surface area is 204 Å². The first-order valence-electron chi connectivity index (χ1n) is 12.1. The number of fused-ring (bicyclic) bond motifs is 4. The number of likely N-dealkylation sites (tertiary alicyclic amines) is 1. The predicted molar refractivity (Wildman–Crippen MR) is 128 cm³/mol. The fourth-order valence-corrected chi connectivity index (χ4v) is 5.77. The van der Waals surface area contributed by atoms with E-state index in [4.69, 9.17) is 9.47 Å². The average Bonchev–Trinajstić information content (AvgIpc) is 3.40. The average molecular weight is 479 g/mol. The van der Waals surface area contributed by atoms with E-state index < -0.39 is 23.5 Å². The molecule has 5 rings (SSSR count). The highest BCUT2D eigenvalue weighted by molar-refractivity contribution is 5.82. The Morgan fingerprint density at radius 3 is 2.43 bits per heavy atom. The third kappa shape index (κ3) is 4.27. The molecular weight excluding hydrogens is 448 g/mol. The van der Waals surface area contributed by atoms with E-state index in [9.17, 15) is 19.5 Å². The third-order valence-electron chi connectivity index (χ3n) is 7.67. The highest BCUT2D eigenvalue weighted by atomic mass is 16.5. The van der Waals surface area contributed by atoms with E-state index in [2.05, 4.69) is 29.6 Å². The van der Waals surface area contributed by atoms with Crippen LogP contribution in [0.4, 0.5) is 4.79 Å². The Bertz CT molecular complexity index is 1100. The normalized spacial score (nSPS) is 23.7. The van der Waals surface area contributed by atoms with Crippen molar-refractivity contribution in [2.45, 2.75) is 31.7 Å². The Balaban J connectivity index is 1.15. The first-order chi connectivity index (χ1) is 16.9. The molecule has 2 aromatic carbocycles. The number of carboxylic acids is 1. The van der Waals surface area contributed by atoms with Crippen LogP contribution in [0.3, 0.4) is 0 Å². The summed E-state index contributed by atoms with van der Waals surface area (Å²) < 4.78 is 11.0. The van der Waals surface area contributed by atoms with Crippen molar-refractivity contribution in [3.05, 3.63) is 59.7 Å². The summed E-state index contributed by atoms with van der Waals surface area (Å²) in [6, 6.07) is 15.8. The van der Waals surface area contributed by atoms with Crippen LogP contribution in [-0.2, 0) is 19.1 Å². The number of alkyl carbamates (subject to hydrolysis) is 1. The molecule has 1 aliphatic carbocycles. The van der Waals surface area contributed by atoms with Crippen LogP contribution in [0.15, 0.2) is 48.5 Å². The number of nitrogens with one attached hydrogen (secondary N) is 1. The standard InChI is InChI=1S/C27H30N2O6/c1-17(12-24(30)29-13-18-14-34-11-10-27(18,16-29)25(31)32)28-26(33)35-15-23-21-8-4-2-6-19(21)20-7-3-5-9-22(20)23/h2-9,17-18,23H,10-16H2,1H3,(H,28,33)(H,31,32)/t17-,18-,27+/m1/s1. The van der Waals surface area contributed by atoms with Crippen molar-refractivity contribution in [1.29, 1.82) is 0 Å². The molecule has 2 heterocycles. The number of carboxylic acid groups (broad SMARTS) is 1. The molecule has 2 aliphatic heterocycles. The number of hydrogen-bond donors (Lipinski definition) is 2. The molecule has 8 heteroatoms. The molecule has 2 N–H and O–H groups in total. The van der Waals surface area contributed by atoms with Crippen molar-refractivity contribution in [2.24, 2.45) is 11.3 Å². The lowest BCUT2D eigenvalue weighted by atomic mass is 9.74. The highest BCUT2D eigenvalue weighted by Gasteiger charge is 2.54. The number of nitrogens with zero attached hydrogens (tertiary/aromatic N) is 1. The summed E-state index contributed by atoms with van der Waals surface area (Å²) in [5.41, 5.74) is 3.66. The topological polar surface area (TPSA) is 105 Å². The zero-order valence-electron chi connectivity index (χ0n) is 19.7. The van der Waals surface area contributed by atoms with Crippen LogP contribution >= 0.6 is 0 Å². The maximum absolute atomic E-state index is 12.9. The van der Waals surface area contributed by atoms with Crippen molar-refractivity contribution < 1.29 is 29.0 Å². The van der Waals surface area contributed by atoms with Crippen LogP contribution in [0, 0.1) is 11.3 Å². The second-order valence-corrected chi connectivity index (χ2v) is 9.83. The summed E-state index contributed by atoms with van der Waals surface area (Å²) in [5.74, 6) is -1.28. The summed E-state index contributed by atoms with van der Waals surface area (Å²) >= 11 is 0. The SMILES string of the molecule is C[C@H](CC(=O)N1C[C@@H]2COCC[C@]2(C(=O)O)C1)NC(=O)OCC1c2ccccc2-c2ccccc21. The molecule has 8 nitrogen and oxygen atoms in total. The number of aliphatic carboxylic acids is 1. The Morgan fingerprint density at radius 1 is 1.14 bits per heavy atom. The molecule has 0 bridgehead atoms. The minimum Gasteiger partial charge on any atom is -0.481 e. The Kier molecular flexibility index (Phi) is 6.23. The predicted octanol–water partition coefficient (Wildman–Crippen LogP) is 3.25. The molecule has 0 unspecified atom stereocenters. The molecular formula is C27H30N2O6. The number of benzene rings is 2. The minimum atomic E-state index is -0.933. The summed E-state index contributed by atoms with van der Waals surface area (Å²) in [5, 5.41) is 12.6. The van der Waals surface area contributed by atoms with Gasteiger partial charge >= 0.3 is 12.1 Å². The molecule has 184 valence electrons. The molecule has 2 fully saturated rings. The van der Waals surface area contributed by atoms with Gasteiger partial charge in [-0.25, -0.2) is 4.79 Å². The number of carbonyl (C=O) groups excluding carboxylic acids is 2. The fourth-order valence-electron chi connectivity index (χ4n) is 5.77. The van der Waals surface area contributed by atoms with E-state index >= 15 is 0 Å². The molecule has 35 heavy (non-hydrogen) atoms. The fraction of sp³-hybridized carbons (Fsp3) is 0.444. The monoisotopic (exact) mass is 478 g/mol. The zero-order valence-corrected chi connectivity index (χ0v) is 19.7. The van der Waals surface area contributed by atoms with E-state index in [1.165, 1.54) is 0 Å². The lowest BCUT2D eigenvalue weighted by Gasteiger charge is -2.33. The summed E-state index contributed by atoms with van der Waals surface area (Å²) in [7, 11) is 0. The van der Waals surface area contributed by atoms with Crippen molar-refractivity contribution in [3.8, 4) is 11.1 Å². The maximum Gasteiger partial charge on any atom is 0.407 e. The summed E-state index contributed by atoms with van der Waals surface area (Å²) in [6.45, 7) is 3.25. The molecule has 0 radical (unpaired) electrons. The van der Waals surface area contributed by atoms with E-state index in [1.807, 2.05) is 24.3 Å². The van der Waals surface area contributed by atoms with Crippen molar-refractivity contribution in [1.82, 2.24) is 10.2 Å². The summed E-state index contributed by atoms with van der Waals surface area (Å²) in [4.78, 5) is 39.0. The van der Waals surface area contributed by atoms with Gasteiger partial charge in [0.25, 0.3) is 0 Å². The number of hydrogen-bond acceptors (Lipinski definition) is 5. The molecule has 3 aliphatic rings. The van der Waals surface area contributed by atoms with Gasteiger partial charge in [0.05, 0.1) is 12.0 Å². The van der Waals surface area contributed by atoms with Crippen LogP contribution in [0.2, 0.25) is 0 Å². The quantitative estimate of drug-likeness (QED) is 0.660. The van der Waals surface area contributed by atoms with E-state index in [1.54, 1.807) is 11.8 Å². The van der Waals surface area contributed by atoms with Gasteiger partial charge < -0.3 is 24.8 Å². The van der Waals surface area contributed by atoms with Gasteiger partial charge in [-0.15, -0.1) is 0 Å². The molecule has 0 spiro atoms. The van der Waals surface area contributed by atoms with Crippen LogP contribution < -0.4 is 5.32 Å². The van der Waals surface area contributed by atoms with Gasteiger partial charge in [0.2, 0.25) is 5.91 Å². The molecule has 2 aromatic rings. The molecule has 3 atom stereocenters. The second-order valence-electron chi connectivity index (χ2n) is 9.83. The first-order valence-corrected chi connectivity index (χ1v) is 12.1. The first kappa shape index (κ1) is 23.4. The Morgan fingerprint density at radius 2 is 1.80 bits per heavy atom. The van der Waals surface area contributed by atoms with Gasteiger partial charge in [-0.1, -0.05) is 48.5 Å². The van der Waals surface area contributed by atoms with Crippen LogP contribution in [0.5, 0.6) is 0 Å². The smallest absolute Gasteiger partial charge is 0.407 e. The van der Waals surface area contributed by atoms with Crippen LogP contribution in [-0.4, -0.2) is 66.9 Å². The van der Waals surface area contributed by atoms with Crippen LogP contribution in [0.25, 0.3) is 11.1 Å². The lowest BCUT2D eigenvalue weighted by molar-refractivity contribution is -0.157. The van der Waals surface area contributed by atoms with Gasteiger partial charge in [0.1, 0.15) is 6.61 Å². The number of ether oxygens (including phenoxy) is 2. The molecule has 2 amide bonds. The Hall–Kier alpha value is -3.39. The number of rotatable bonds is 6. The minimum absolute atomic E-state index is 0.0348. The number of amides is 2. The van der Waals surface area contributed by atoms with Gasteiger partial charge in [0.15, 0.2) is 0 Å². The van der Waals surface area contributed by atoms with Crippen molar-refractivity contribution in [3.63, 3.8) is 0 Å².